The van der Waals surface area contributed by atoms with Gasteiger partial charge in [0.05, 0.1) is 17.8 Å². The van der Waals surface area contributed by atoms with Gasteiger partial charge in [-0.2, -0.15) is 13.2 Å². The Morgan fingerprint density at radius 2 is 1.73 bits per heavy atom. The summed E-state index contributed by atoms with van der Waals surface area (Å²) in [5.41, 5.74) is -1.62. The number of carbonyl (C=O) groups is 3. The minimum absolute atomic E-state index is 0.0697. The fourth-order valence-electron chi connectivity index (χ4n) is 3.35. The molecule has 37 heavy (non-hydrogen) atoms. The van der Waals surface area contributed by atoms with E-state index in [0.717, 1.165) is 0 Å². The minimum Gasteiger partial charge on any atom is -0.352 e. The summed E-state index contributed by atoms with van der Waals surface area (Å²) in [7, 11) is 1.35. The van der Waals surface area contributed by atoms with Gasteiger partial charge in [-0.05, 0) is 49.4 Å². The fraction of sp³-hybridized carbons (Fsp3) is 0.217. The van der Waals surface area contributed by atoms with Crippen LogP contribution in [0.3, 0.4) is 0 Å². The van der Waals surface area contributed by atoms with E-state index in [1.165, 1.54) is 42.8 Å². The van der Waals surface area contributed by atoms with E-state index < -0.39 is 41.0 Å². The van der Waals surface area contributed by atoms with Crippen molar-refractivity contribution in [3.63, 3.8) is 0 Å². The molecule has 2 heterocycles. The third kappa shape index (κ3) is 6.42. The highest BCUT2D eigenvalue weighted by molar-refractivity contribution is 6.30. The summed E-state index contributed by atoms with van der Waals surface area (Å²) >= 11 is 5.44. The van der Waals surface area contributed by atoms with Crippen LogP contribution in [0, 0.1) is 11.6 Å². The smallest absolute Gasteiger partial charge is 0.352 e. The second-order valence-corrected chi connectivity index (χ2v) is 8.13. The monoisotopic (exact) mass is 543 g/mol. The van der Waals surface area contributed by atoms with E-state index in [2.05, 4.69) is 20.9 Å². The van der Waals surface area contributed by atoms with Gasteiger partial charge in [0.2, 0.25) is 11.7 Å². The lowest BCUT2D eigenvalue weighted by atomic mass is 10.1. The van der Waals surface area contributed by atoms with Crippen LogP contribution in [0.25, 0.3) is 0 Å². The normalized spacial score (nSPS) is 14.6. The molecule has 0 saturated heterocycles. The molecule has 1 aliphatic rings. The molecule has 0 radical (unpaired) electrons. The first-order valence-corrected chi connectivity index (χ1v) is 10.9. The number of fused-ring (bicyclic) bond motifs is 1. The summed E-state index contributed by atoms with van der Waals surface area (Å²) in [6.45, 7) is 1.44. The number of carbonyl (C=O) groups excluding carboxylic acids is 3. The number of imidazole rings is 1. The van der Waals surface area contributed by atoms with Gasteiger partial charge in [-0.15, -0.1) is 0 Å². The Bertz CT molecular complexity index is 1320. The number of nitrogens with one attached hydrogen (secondary N) is 3. The van der Waals surface area contributed by atoms with Crippen molar-refractivity contribution in [3.05, 3.63) is 81.8 Å². The van der Waals surface area contributed by atoms with E-state index >= 15 is 0 Å². The number of halogens is 6. The topological polar surface area (TPSA) is 105 Å². The van der Waals surface area contributed by atoms with Gasteiger partial charge < -0.3 is 20.5 Å². The Balaban J connectivity index is 0.000000405. The van der Waals surface area contributed by atoms with Crippen molar-refractivity contribution in [2.45, 2.75) is 25.7 Å². The van der Waals surface area contributed by atoms with Gasteiger partial charge >= 0.3 is 6.18 Å². The van der Waals surface area contributed by atoms with Crippen molar-refractivity contribution < 1.29 is 36.3 Å². The van der Waals surface area contributed by atoms with Crippen LogP contribution in [0.2, 0.25) is 5.02 Å². The van der Waals surface area contributed by atoms with Gasteiger partial charge in [-0.25, -0.2) is 13.8 Å². The van der Waals surface area contributed by atoms with Gasteiger partial charge in [0.15, 0.2) is 5.82 Å². The summed E-state index contributed by atoms with van der Waals surface area (Å²) in [5.74, 6) is -3.83. The lowest BCUT2D eigenvalue weighted by Gasteiger charge is -2.24. The second kappa shape index (κ2) is 10.9. The Hall–Kier alpha value is -4.00. The molecular formula is C23H19ClF5N5O3. The maximum atomic E-state index is 13.6. The zero-order valence-electron chi connectivity index (χ0n) is 19.2. The molecule has 0 bridgehead atoms. The average molecular weight is 544 g/mol. The molecule has 3 aromatic rings. The lowest BCUT2D eigenvalue weighted by Crippen LogP contribution is -2.39. The molecule has 0 spiro atoms. The molecule has 4 rings (SSSR count). The zero-order chi connectivity index (χ0) is 27.5. The Morgan fingerprint density at radius 1 is 1.08 bits per heavy atom. The number of nitrogens with zero attached hydrogens (tertiary/aromatic N) is 2. The first-order chi connectivity index (χ1) is 17.3. The minimum atomic E-state index is -4.84. The van der Waals surface area contributed by atoms with E-state index in [0.29, 0.717) is 17.2 Å². The first-order valence-electron chi connectivity index (χ1n) is 10.5. The lowest BCUT2D eigenvalue weighted by molar-refractivity contribution is -0.137. The van der Waals surface area contributed by atoms with Gasteiger partial charge in [0.1, 0.15) is 17.7 Å². The van der Waals surface area contributed by atoms with E-state index in [1.54, 1.807) is 0 Å². The third-order valence-corrected chi connectivity index (χ3v) is 5.41. The first kappa shape index (κ1) is 27.6. The largest absolute Gasteiger partial charge is 0.416 e. The molecule has 8 nitrogen and oxygen atoms in total. The van der Waals surface area contributed by atoms with Crippen molar-refractivity contribution in [2.75, 3.05) is 12.4 Å². The molecule has 1 aliphatic heterocycles. The number of anilines is 1. The Morgan fingerprint density at radius 3 is 2.30 bits per heavy atom. The SMILES string of the molecule is CNC(=O)c1nc(NC(=O)c2cc(F)cc(C(F)(F)F)c2)c2n1C(C)C(=O)NC2.Fc1ccc(Cl)cc1. The van der Waals surface area contributed by atoms with Gasteiger partial charge in [0.25, 0.3) is 11.8 Å². The van der Waals surface area contributed by atoms with E-state index in [9.17, 15) is 36.3 Å². The predicted molar refractivity (Wildman–Crippen MR) is 123 cm³/mol. The molecule has 1 aromatic heterocycles. The van der Waals surface area contributed by atoms with Crippen molar-refractivity contribution in [1.29, 1.82) is 0 Å². The predicted octanol–water partition coefficient (Wildman–Crippen LogP) is 4.32. The van der Waals surface area contributed by atoms with Crippen molar-refractivity contribution in [2.24, 2.45) is 0 Å². The molecule has 196 valence electrons. The number of amides is 3. The van der Waals surface area contributed by atoms with Crippen molar-refractivity contribution in [3.8, 4) is 0 Å². The molecular weight excluding hydrogens is 525 g/mol. The van der Waals surface area contributed by atoms with Crippen LogP contribution in [0.4, 0.5) is 27.8 Å². The van der Waals surface area contributed by atoms with Crippen LogP contribution in [-0.4, -0.2) is 34.3 Å². The zero-order valence-corrected chi connectivity index (χ0v) is 20.0. The average Bonchev–Trinajstić information content (AvgIpc) is 3.21. The highest BCUT2D eigenvalue weighted by atomic mass is 35.5. The Kier molecular flexibility index (Phi) is 8.16. The number of hydrogen-bond donors (Lipinski definition) is 3. The van der Waals surface area contributed by atoms with E-state index in [-0.39, 0.29) is 41.7 Å². The molecule has 0 saturated carbocycles. The van der Waals surface area contributed by atoms with Gasteiger partial charge in [-0.3, -0.25) is 14.4 Å². The Labute approximate surface area is 211 Å². The maximum absolute atomic E-state index is 13.6. The number of rotatable bonds is 3. The molecule has 1 unspecified atom stereocenters. The molecule has 3 amide bonds. The fourth-order valence-corrected chi connectivity index (χ4v) is 3.48. The summed E-state index contributed by atoms with van der Waals surface area (Å²) in [6.07, 6.45) is -4.84. The summed E-state index contributed by atoms with van der Waals surface area (Å²) in [6, 6.07) is 6.28. The molecule has 0 aliphatic carbocycles. The van der Waals surface area contributed by atoms with Crippen molar-refractivity contribution in [1.82, 2.24) is 20.2 Å². The van der Waals surface area contributed by atoms with Crippen LogP contribution in [0.1, 0.15) is 45.2 Å². The van der Waals surface area contributed by atoms with Crippen LogP contribution < -0.4 is 16.0 Å². The van der Waals surface area contributed by atoms with Crippen LogP contribution >= 0.6 is 11.6 Å². The summed E-state index contributed by atoms with van der Waals surface area (Å²) in [4.78, 5) is 40.5. The molecule has 3 N–H and O–H groups in total. The van der Waals surface area contributed by atoms with E-state index in [4.69, 9.17) is 11.6 Å². The summed E-state index contributed by atoms with van der Waals surface area (Å²) < 4.78 is 65.6. The molecule has 1 atom stereocenters. The van der Waals surface area contributed by atoms with Gasteiger partial charge in [0, 0.05) is 17.6 Å². The standard InChI is InChI=1S/C17H15F4N5O3.C6H4ClF/c1-7-14(27)23-6-11-12(24-13(26(7)11)16(29)22-2)25-15(28)8-3-9(17(19,20)21)5-10(18)4-8;7-5-1-3-6(8)4-2-5/h3-5,7H,6H2,1-2H3,(H,22,29)(H,23,27)(H,25,28);1-4H. The summed E-state index contributed by atoms with van der Waals surface area (Å²) in [5, 5.41) is 7.77. The van der Waals surface area contributed by atoms with Crippen molar-refractivity contribution >= 4 is 35.1 Å². The number of hydrogen-bond acceptors (Lipinski definition) is 4. The number of alkyl halides is 3. The van der Waals surface area contributed by atoms with Crippen LogP contribution in [0.15, 0.2) is 42.5 Å². The quantitative estimate of drug-likeness (QED) is 0.428. The number of aromatic nitrogens is 2. The number of benzene rings is 2. The molecule has 0 fully saturated rings. The maximum Gasteiger partial charge on any atom is 0.416 e. The third-order valence-electron chi connectivity index (χ3n) is 5.16. The molecule has 14 heteroatoms. The van der Waals surface area contributed by atoms with Crippen LogP contribution in [-0.2, 0) is 17.5 Å². The van der Waals surface area contributed by atoms with Gasteiger partial charge in [-0.1, -0.05) is 11.6 Å². The van der Waals surface area contributed by atoms with Crippen LogP contribution in [0.5, 0.6) is 0 Å². The highest BCUT2D eigenvalue weighted by Gasteiger charge is 2.34. The van der Waals surface area contributed by atoms with E-state index in [1.807, 2.05) is 0 Å². The highest BCUT2D eigenvalue weighted by Crippen LogP contribution is 2.31. The second-order valence-electron chi connectivity index (χ2n) is 7.69. The molecule has 2 aromatic carbocycles.